The van der Waals surface area contributed by atoms with Gasteiger partial charge in [0.25, 0.3) is 5.91 Å². The molecule has 3 aromatic rings. The fourth-order valence-electron chi connectivity index (χ4n) is 3.77. The van der Waals surface area contributed by atoms with Crippen LogP contribution in [-0.4, -0.2) is 23.7 Å². The molecule has 0 spiro atoms. The lowest BCUT2D eigenvalue weighted by molar-refractivity contribution is 0.0931. The van der Waals surface area contributed by atoms with Crippen LogP contribution >= 0.6 is 27.5 Å². The third-order valence-electron chi connectivity index (χ3n) is 5.25. The van der Waals surface area contributed by atoms with Crippen LogP contribution in [0, 0.1) is 0 Å². The van der Waals surface area contributed by atoms with Crippen molar-refractivity contribution in [3.63, 3.8) is 0 Å². The zero-order valence-electron chi connectivity index (χ0n) is 15.8. The van der Waals surface area contributed by atoms with Gasteiger partial charge in [-0.3, -0.25) is 4.79 Å². The molecule has 150 valence electrons. The van der Waals surface area contributed by atoms with E-state index < -0.39 is 0 Å². The minimum atomic E-state index is -0.164. The molecule has 0 fully saturated rings. The normalized spacial score (nSPS) is 15.8. The van der Waals surface area contributed by atoms with Crippen molar-refractivity contribution in [1.29, 1.82) is 0 Å². The summed E-state index contributed by atoms with van der Waals surface area (Å²) in [5.74, 6) is 0.923. The summed E-state index contributed by atoms with van der Waals surface area (Å²) < 4.78 is 6.98. The lowest BCUT2D eigenvalue weighted by atomic mass is 9.88. The molecular formula is C23H21BrClNO3. The van der Waals surface area contributed by atoms with Gasteiger partial charge < -0.3 is 14.8 Å². The van der Waals surface area contributed by atoms with Crippen LogP contribution in [0.4, 0.5) is 0 Å². The van der Waals surface area contributed by atoms with Gasteiger partial charge >= 0.3 is 0 Å². The highest BCUT2D eigenvalue weighted by Gasteiger charge is 2.24. The van der Waals surface area contributed by atoms with E-state index in [1.165, 1.54) is 11.1 Å². The molecule has 2 aromatic carbocycles. The number of aliphatic hydroxyl groups excluding tert-OH is 1. The molecule has 0 radical (unpaired) electrons. The quantitative estimate of drug-likeness (QED) is 0.535. The Morgan fingerprint density at radius 3 is 2.72 bits per heavy atom. The first kappa shape index (κ1) is 20.2. The maximum absolute atomic E-state index is 13.0. The molecule has 4 rings (SSSR count). The van der Waals surface area contributed by atoms with E-state index >= 15 is 0 Å². The molecule has 1 atom stereocenters. The second-order valence-electron chi connectivity index (χ2n) is 7.25. The maximum atomic E-state index is 13.0. The molecule has 1 amide bonds. The van der Waals surface area contributed by atoms with Gasteiger partial charge in [-0.2, -0.15) is 0 Å². The highest BCUT2D eigenvalue weighted by Crippen LogP contribution is 2.29. The lowest BCUT2D eigenvalue weighted by Crippen LogP contribution is -2.39. The predicted octanol–water partition coefficient (Wildman–Crippen LogP) is 5.18. The second kappa shape index (κ2) is 8.74. The van der Waals surface area contributed by atoms with Crippen molar-refractivity contribution in [2.24, 2.45) is 0 Å². The van der Waals surface area contributed by atoms with Crippen molar-refractivity contribution < 1.29 is 14.3 Å². The molecule has 0 bridgehead atoms. The van der Waals surface area contributed by atoms with Gasteiger partial charge in [0.15, 0.2) is 0 Å². The summed E-state index contributed by atoms with van der Waals surface area (Å²) in [7, 11) is 0. The zero-order chi connectivity index (χ0) is 20.4. The number of furan rings is 1. The number of carbonyl (C=O) groups is 1. The molecule has 0 saturated heterocycles. The molecule has 1 aliphatic rings. The van der Waals surface area contributed by atoms with E-state index in [1.54, 1.807) is 18.2 Å². The Bertz CT molecular complexity index is 1030. The Morgan fingerprint density at radius 2 is 1.97 bits per heavy atom. The number of hydrogen-bond donors (Lipinski definition) is 2. The Kier molecular flexibility index (Phi) is 6.09. The summed E-state index contributed by atoms with van der Waals surface area (Å²) >= 11 is 9.48. The summed E-state index contributed by atoms with van der Waals surface area (Å²) in [4.78, 5) is 13.0. The molecule has 6 heteroatoms. The van der Waals surface area contributed by atoms with Crippen LogP contribution in [0.2, 0.25) is 5.02 Å². The molecule has 1 heterocycles. The van der Waals surface area contributed by atoms with Crippen LogP contribution in [0.3, 0.4) is 0 Å². The third kappa shape index (κ3) is 4.58. The largest absolute Gasteiger partial charge is 0.460 e. The first-order valence-electron chi connectivity index (χ1n) is 9.61. The zero-order valence-corrected chi connectivity index (χ0v) is 18.1. The molecular weight excluding hydrogens is 454 g/mol. The number of hydrogen-bond acceptors (Lipinski definition) is 3. The maximum Gasteiger partial charge on any atom is 0.255 e. The number of amides is 1. The first-order chi connectivity index (χ1) is 14.0. The standard InChI is InChI=1S/C23H21BrClNO3/c24-17-5-1-16-12-19(8-4-15(16)11-17)26-23(28)20-13-22(29-21(20)9-10-27)14-2-6-18(25)7-3-14/h1-3,5-7,11,13,19,27H,4,8-10,12H2,(H,26,28). The fraction of sp³-hybridized carbons (Fsp3) is 0.261. The van der Waals surface area contributed by atoms with Gasteiger partial charge in [-0.25, -0.2) is 0 Å². The van der Waals surface area contributed by atoms with Crippen LogP contribution in [0.15, 0.2) is 57.4 Å². The van der Waals surface area contributed by atoms with Crippen LogP contribution < -0.4 is 5.32 Å². The minimum absolute atomic E-state index is 0.0760. The van der Waals surface area contributed by atoms with Crippen LogP contribution in [0.1, 0.15) is 33.7 Å². The van der Waals surface area contributed by atoms with E-state index in [0.717, 1.165) is 29.3 Å². The van der Waals surface area contributed by atoms with Gasteiger partial charge in [-0.1, -0.05) is 33.6 Å². The van der Waals surface area contributed by atoms with Crippen LogP contribution in [0.5, 0.6) is 0 Å². The van der Waals surface area contributed by atoms with Gasteiger partial charge in [0.1, 0.15) is 11.5 Å². The molecule has 29 heavy (non-hydrogen) atoms. The molecule has 0 aliphatic heterocycles. The summed E-state index contributed by atoms with van der Waals surface area (Å²) in [6, 6.07) is 15.4. The van der Waals surface area contributed by atoms with Crippen molar-refractivity contribution in [1.82, 2.24) is 5.32 Å². The number of carbonyl (C=O) groups excluding carboxylic acids is 1. The molecule has 2 N–H and O–H groups in total. The summed E-state index contributed by atoms with van der Waals surface area (Å²) in [6.07, 6.45) is 2.93. The van der Waals surface area contributed by atoms with E-state index in [4.69, 9.17) is 16.0 Å². The minimum Gasteiger partial charge on any atom is -0.460 e. The number of aryl methyl sites for hydroxylation is 1. The second-order valence-corrected chi connectivity index (χ2v) is 8.61. The van der Waals surface area contributed by atoms with Gasteiger partial charge in [0.2, 0.25) is 0 Å². The summed E-state index contributed by atoms with van der Waals surface area (Å²) in [5, 5.41) is 13.2. The van der Waals surface area contributed by atoms with Gasteiger partial charge in [-0.15, -0.1) is 0 Å². The summed E-state index contributed by atoms with van der Waals surface area (Å²) in [6.45, 7) is -0.0838. The van der Waals surface area contributed by atoms with Crippen molar-refractivity contribution in [2.75, 3.05) is 6.61 Å². The predicted molar refractivity (Wildman–Crippen MR) is 117 cm³/mol. The summed E-state index contributed by atoms with van der Waals surface area (Å²) in [5.41, 5.74) is 3.92. The lowest BCUT2D eigenvalue weighted by Gasteiger charge is -2.25. The fourth-order valence-corrected chi connectivity index (χ4v) is 4.31. The van der Waals surface area contributed by atoms with Gasteiger partial charge in [0, 0.05) is 27.5 Å². The molecule has 1 aromatic heterocycles. The Balaban J connectivity index is 1.53. The van der Waals surface area contributed by atoms with Crippen molar-refractivity contribution in [3.05, 3.63) is 80.5 Å². The molecule has 0 saturated carbocycles. The average Bonchev–Trinajstić information content (AvgIpc) is 3.13. The topological polar surface area (TPSA) is 62.5 Å². The van der Waals surface area contributed by atoms with Crippen LogP contribution in [0.25, 0.3) is 11.3 Å². The molecule has 1 unspecified atom stereocenters. The molecule has 4 nitrogen and oxygen atoms in total. The monoisotopic (exact) mass is 473 g/mol. The van der Waals surface area contributed by atoms with E-state index in [9.17, 15) is 9.90 Å². The number of rotatable bonds is 5. The third-order valence-corrected chi connectivity index (χ3v) is 6.00. The van der Waals surface area contributed by atoms with E-state index in [1.807, 2.05) is 18.2 Å². The molecule has 1 aliphatic carbocycles. The van der Waals surface area contributed by atoms with Crippen molar-refractivity contribution in [2.45, 2.75) is 31.7 Å². The first-order valence-corrected chi connectivity index (χ1v) is 10.8. The van der Waals surface area contributed by atoms with Gasteiger partial charge in [-0.05, 0) is 72.9 Å². The Morgan fingerprint density at radius 1 is 1.17 bits per heavy atom. The highest BCUT2D eigenvalue weighted by molar-refractivity contribution is 9.10. The Labute approximate surface area is 183 Å². The highest BCUT2D eigenvalue weighted by atomic mass is 79.9. The van der Waals surface area contributed by atoms with Crippen LogP contribution in [-0.2, 0) is 19.3 Å². The van der Waals surface area contributed by atoms with E-state index in [-0.39, 0.29) is 25.0 Å². The number of fused-ring (bicyclic) bond motifs is 1. The van der Waals surface area contributed by atoms with E-state index in [0.29, 0.717) is 22.1 Å². The number of benzene rings is 2. The van der Waals surface area contributed by atoms with Crippen molar-refractivity contribution in [3.8, 4) is 11.3 Å². The number of nitrogens with one attached hydrogen (secondary N) is 1. The average molecular weight is 475 g/mol. The Hall–Kier alpha value is -2.08. The van der Waals surface area contributed by atoms with E-state index in [2.05, 4.69) is 33.4 Å². The van der Waals surface area contributed by atoms with Gasteiger partial charge in [0.05, 0.1) is 12.2 Å². The van der Waals surface area contributed by atoms with Crippen molar-refractivity contribution >= 4 is 33.4 Å². The number of halogens is 2. The smallest absolute Gasteiger partial charge is 0.255 e. The SMILES string of the molecule is O=C(NC1CCc2cc(Br)ccc2C1)c1cc(-c2ccc(Cl)cc2)oc1CCO. The number of aliphatic hydroxyl groups is 1.